The molecule has 106 valence electrons. The predicted octanol–water partition coefficient (Wildman–Crippen LogP) is 2.07. The van der Waals surface area contributed by atoms with Gasteiger partial charge >= 0.3 is 0 Å². The van der Waals surface area contributed by atoms with Gasteiger partial charge in [-0.3, -0.25) is 9.97 Å². The highest BCUT2D eigenvalue weighted by atomic mass is 16.3. The Morgan fingerprint density at radius 1 is 1.15 bits per heavy atom. The Bertz CT molecular complexity index is 490. The second-order valence-electron chi connectivity index (χ2n) is 4.80. The molecule has 0 amide bonds. The van der Waals surface area contributed by atoms with E-state index in [1.54, 1.807) is 12.4 Å². The maximum atomic E-state index is 10.2. The Morgan fingerprint density at radius 2 is 1.95 bits per heavy atom. The third kappa shape index (κ3) is 4.40. The van der Waals surface area contributed by atoms with E-state index in [2.05, 4.69) is 21.8 Å². The number of likely N-dealkylation sites (N-methyl/N-ethyl adjacent to an activating group) is 1. The van der Waals surface area contributed by atoms with E-state index in [9.17, 15) is 5.11 Å². The van der Waals surface area contributed by atoms with Crippen LogP contribution in [-0.4, -0.2) is 39.6 Å². The summed E-state index contributed by atoms with van der Waals surface area (Å²) in [5, 5.41) is 10.2. The van der Waals surface area contributed by atoms with Crippen LogP contribution < -0.4 is 0 Å². The smallest absolute Gasteiger partial charge is 0.0931 e. The normalized spacial score (nSPS) is 12.6. The number of aromatic nitrogens is 2. The molecule has 0 bridgehead atoms. The second kappa shape index (κ2) is 7.72. The molecule has 2 rings (SSSR count). The van der Waals surface area contributed by atoms with Crippen LogP contribution in [0.25, 0.3) is 0 Å². The van der Waals surface area contributed by atoms with Crippen LogP contribution in [-0.2, 0) is 6.42 Å². The monoisotopic (exact) mass is 271 g/mol. The molecule has 0 aliphatic heterocycles. The van der Waals surface area contributed by atoms with Gasteiger partial charge in [0, 0.05) is 43.4 Å². The van der Waals surface area contributed by atoms with Crippen LogP contribution in [0.2, 0.25) is 0 Å². The summed E-state index contributed by atoms with van der Waals surface area (Å²) in [7, 11) is 0. The minimum Gasteiger partial charge on any atom is -0.387 e. The Hall–Kier alpha value is -1.78. The summed E-state index contributed by atoms with van der Waals surface area (Å²) in [6.45, 7) is 4.59. The van der Waals surface area contributed by atoms with E-state index in [1.807, 2.05) is 36.7 Å². The summed E-state index contributed by atoms with van der Waals surface area (Å²) >= 11 is 0. The van der Waals surface area contributed by atoms with Crippen LogP contribution in [0.15, 0.2) is 49.1 Å². The maximum absolute atomic E-state index is 10.2. The average Bonchev–Trinajstić information content (AvgIpc) is 2.53. The summed E-state index contributed by atoms with van der Waals surface area (Å²) in [5.74, 6) is 0. The molecular weight excluding hydrogens is 250 g/mol. The number of aliphatic hydroxyl groups excluding tert-OH is 1. The van der Waals surface area contributed by atoms with Crippen molar-refractivity contribution in [3.63, 3.8) is 0 Å². The summed E-state index contributed by atoms with van der Waals surface area (Å²) in [5.41, 5.74) is 2.14. The lowest BCUT2D eigenvalue weighted by atomic mass is 10.1. The summed E-state index contributed by atoms with van der Waals surface area (Å²) in [6.07, 6.45) is 7.56. The number of pyridine rings is 2. The van der Waals surface area contributed by atoms with Crippen molar-refractivity contribution in [1.82, 2.24) is 14.9 Å². The fourth-order valence-corrected chi connectivity index (χ4v) is 2.14. The van der Waals surface area contributed by atoms with Gasteiger partial charge in [-0.05, 0) is 36.7 Å². The van der Waals surface area contributed by atoms with Gasteiger partial charge in [-0.15, -0.1) is 0 Å². The molecule has 1 atom stereocenters. The van der Waals surface area contributed by atoms with Crippen molar-refractivity contribution in [2.24, 2.45) is 0 Å². The van der Waals surface area contributed by atoms with Crippen LogP contribution in [0.5, 0.6) is 0 Å². The number of nitrogens with zero attached hydrogens (tertiary/aromatic N) is 3. The highest BCUT2D eigenvalue weighted by Crippen LogP contribution is 2.13. The van der Waals surface area contributed by atoms with E-state index in [1.165, 1.54) is 5.56 Å². The number of rotatable bonds is 7. The first-order chi connectivity index (χ1) is 9.79. The van der Waals surface area contributed by atoms with E-state index in [4.69, 9.17) is 0 Å². The molecule has 0 saturated heterocycles. The fraction of sp³-hybridized carbons (Fsp3) is 0.375. The minimum absolute atomic E-state index is 0.485. The zero-order valence-electron chi connectivity index (χ0n) is 11.8. The number of hydrogen-bond donors (Lipinski definition) is 1. The van der Waals surface area contributed by atoms with Gasteiger partial charge in [0.05, 0.1) is 6.10 Å². The first-order valence-corrected chi connectivity index (χ1v) is 6.99. The average molecular weight is 271 g/mol. The first kappa shape index (κ1) is 14.6. The van der Waals surface area contributed by atoms with Gasteiger partial charge in [-0.25, -0.2) is 0 Å². The number of aliphatic hydroxyl groups is 1. The molecule has 0 fully saturated rings. The van der Waals surface area contributed by atoms with Crippen molar-refractivity contribution < 1.29 is 5.11 Å². The molecule has 2 heterocycles. The second-order valence-corrected chi connectivity index (χ2v) is 4.80. The molecule has 0 aromatic carbocycles. The lowest BCUT2D eigenvalue weighted by Crippen LogP contribution is -2.30. The third-order valence-electron chi connectivity index (χ3n) is 3.41. The maximum Gasteiger partial charge on any atom is 0.0931 e. The number of hydrogen-bond acceptors (Lipinski definition) is 4. The molecule has 2 aromatic rings. The minimum atomic E-state index is -0.485. The van der Waals surface area contributed by atoms with E-state index in [-0.39, 0.29) is 0 Å². The largest absolute Gasteiger partial charge is 0.387 e. The zero-order valence-corrected chi connectivity index (χ0v) is 11.8. The van der Waals surface area contributed by atoms with Crippen molar-refractivity contribution in [3.8, 4) is 0 Å². The molecule has 4 heteroatoms. The van der Waals surface area contributed by atoms with Crippen molar-refractivity contribution in [2.45, 2.75) is 19.4 Å². The molecule has 0 spiro atoms. The lowest BCUT2D eigenvalue weighted by molar-refractivity contribution is 0.116. The van der Waals surface area contributed by atoms with Crippen molar-refractivity contribution in [3.05, 3.63) is 60.2 Å². The molecule has 20 heavy (non-hydrogen) atoms. The van der Waals surface area contributed by atoms with Gasteiger partial charge in [-0.2, -0.15) is 0 Å². The summed E-state index contributed by atoms with van der Waals surface area (Å²) in [6, 6.07) is 7.83. The van der Waals surface area contributed by atoms with Gasteiger partial charge in [-0.1, -0.05) is 13.0 Å². The van der Waals surface area contributed by atoms with E-state index in [0.717, 1.165) is 25.1 Å². The molecule has 0 radical (unpaired) electrons. The molecule has 0 aliphatic rings. The van der Waals surface area contributed by atoms with Crippen LogP contribution >= 0.6 is 0 Å². The Labute approximate surface area is 120 Å². The first-order valence-electron chi connectivity index (χ1n) is 6.99. The topological polar surface area (TPSA) is 49.2 Å². The van der Waals surface area contributed by atoms with E-state index < -0.39 is 6.10 Å². The standard InChI is InChI=1S/C16H21N3O/c1-2-19(11-7-14-5-9-17-10-6-14)13-16(20)15-4-3-8-18-12-15/h3-6,8-10,12,16,20H,2,7,11,13H2,1H3. The van der Waals surface area contributed by atoms with Gasteiger partial charge in [0.25, 0.3) is 0 Å². The Morgan fingerprint density at radius 3 is 2.60 bits per heavy atom. The van der Waals surface area contributed by atoms with Gasteiger partial charge in [0.15, 0.2) is 0 Å². The molecule has 0 aliphatic carbocycles. The van der Waals surface area contributed by atoms with Crippen LogP contribution in [0.4, 0.5) is 0 Å². The van der Waals surface area contributed by atoms with Gasteiger partial charge in [0.1, 0.15) is 0 Å². The van der Waals surface area contributed by atoms with Crippen LogP contribution in [0.3, 0.4) is 0 Å². The Kier molecular flexibility index (Phi) is 5.65. The van der Waals surface area contributed by atoms with Crippen molar-refractivity contribution >= 4 is 0 Å². The Balaban J connectivity index is 1.86. The molecule has 1 unspecified atom stereocenters. The molecule has 4 nitrogen and oxygen atoms in total. The van der Waals surface area contributed by atoms with Crippen molar-refractivity contribution in [2.75, 3.05) is 19.6 Å². The highest BCUT2D eigenvalue weighted by molar-refractivity contribution is 5.12. The van der Waals surface area contributed by atoms with E-state index >= 15 is 0 Å². The van der Waals surface area contributed by atoms with E-state index in [0.29, 0.717) is 6.54 Å². The SMILES string of the molecule is CCN(CCc1ccncc1)CC(O)c1cccnc1. The predicted molar refractivity (Wildman–Crippen MR) is 79.3 cm³/mol. The molecule has 2 aromatic heterocycles. The summed E-state index contributed by atoms with van der Waals surface area (Å²) < 4.78 is 0. The molecule has 0 saturated carbocycles. The van der Waals surface area contributed by atoms with Crippen LogP contribution in [0.1, 0.15) is 24.2 Å². The van der Waals surface area contributed by atoms with Gasteiger partial charge in [0.2, 0.25) is 0 Å². The lowest BCUT2D eigenvalue weighted by Gasteiger charge is -2.23. The van der Waals surface area contributed by atoms with Crippen molar-refractivity contribution in [1.29, 1.82) is 0 Å². The third-order valence-corrected chi connectivity index (χ3v) is 3.41. The van der Waals surface area contributed by atoms with Crippen LogP contribution in [0, 0.1) is 0 Å². The molecular formula is C16H21N3O. The highest BCUT2D eigenvalue weighted by Gasteiger charge is 2.12. The zero-order chi connectivity index (χ0) is 14.2. The quantitative estimate of drug-likeness (QED) is 0.837. The fourth-order valence-electron chi connectivity index (χ4n) is 2.14. The molecule has 1 N–H and O–H groups in total. The summed E-state index contributed by atoms with van der Waals surface area (Å²) in [4.78, 5) is 10.3. The van der Waals surface area contributed by atoms with Gasteiger partial charge < -0.3 is 10.0 Å².